The first kappa shape index (κ1) is 17.8. The molecule has 1 saturated heterocycles. The molecular formula is C18H24F2N4O2. The molecule has 4 rings (SSSR count). The fraction of sp³-hybridized carbons (Fsp3) is 0.667. The van der Waals surface area contributed by atoms with Crippen molar-refractivity contribution in [3.8, 4) is 0 Å². The molecule has 1 saturated carbocycles. The monoisotopic (exact) mass is 366 g/mol. The van der Waals surface area contributed by atoms with E-state index in [1.807, 2.05) is 0 Å². The van der Waals surface area contributed by atoms with Gasteiger partial charge in [-0.25, -0.2) is 10.4 Å². The third kappa shape index (κ3) is 3.21. The number of carbonyl (C=O) groups is 1. The number of fused-ring (bicyclic) bond motifs is 1. The van der Waals surface area contributed by atoms with Gasteiger partial charge >= 0.3 is 0 Å². The SMILES string of the molecule is O=C(NO)c1cnc2c(c1)CCN(C1CC3(CCN(C(F)F)CC3)C1)C2. The van der Waals surface area contributed by atoms with Crippen molar-refractivity contribution >= 4 is 5.91 Å². The zero-order chi connectivity index (χ0) is 18.3. The maximum absolute atomic E-state index is 12.8. The van der Waals surface area contributed by atoms with E-state index >= 15 is 0 Å². The lowest BCUT2D eigenvalue weighted by Crippen LogP contribution is -2.56. The lowest BCUT2D eigenvalue weighted by Gasteiger charge is -2.55. The number of nitrogens with one attached hydrogen (secondary N) is 1. The van der Waals surface area contributed by atoms with Crippen molar-refractivity contribution in [2.45, 2.75) is 51.2 Å². The van der Waals surface area contributed by atoms with Crippen LogP contribution >= 0.6 is 0 Å². The molecule has 6 nitrogen and oxygen atoms in total. The van der Waals surface area contributed by atoms with Crippen LogP contribution in [0.5, 0.6) is 0 Å². The summed E-state index contributed by atoms with van der Waals surface area (Å²) in [7, 11) is 0. The zero-order valence-electron chi connectivity index (χ0n) is 14.6. The molecule has 3 heterocycles. The van der Waals surface area contributed by atoms with E-state index in [1.165, 1.54) is 11.1 Å². The Kier molecular flexibility index (Phi) is 4.66. The van der Waals surface area contributed by atoms with E-state index in [1.54, 1.807) is 11.5 Å². The van der Waals surface area contributed by atoms with E-state index in [9.17, 15) is 13.6 Å². The van der Waals surface area contributed by atoms with Crippen LogP contribution in [0.25, 0.3) is 0 Å². The van der Waals surface area contributed by atoms with E-state index in [0.717, 1.165) is 56.5 Å². The smallest absolute Gasteiger partial charge is 0.294 e. The number of nitrogens with zero attached hydrogens (tertiary/aromatic N) is 3. The summed E-state index contributed by atoms with van der Waals surface area (Å²) in [5, 5.41) is 8.73. The Hall–Kier alpha value is -1.64. The quantitative estimate of drug-likeness (QED) is 0.487. The highest BCUT2D eigenvalue weighted by Crippen LogP contribution is 2.51. The lowest BCUT2D eigenvalue weighted by molar-refractivity contribution is -0.0977. The van der Waals surface area contributed by atoms with Crippen molar-refractivity contribution in [1.82, 2.24) is 20.3 Å². The van der Waals surface area contributed by atoms with Gasteiger partial charge in [0.25, 0.3) is 12.5 Å². The van der Waals surface area contributed by atoms with Gasteiger partial charge < -0.3 is 0 Å². The molecule has 1 aromatic rings. The standard InChI is InChI=1S/C18H24F2N4O2/c19-17(20)23-5-2-18(3-6-23)8-14(9-18)24-4-1-12-7-13(16(25)22-26)10-21-15(12)11-24/h7,10,14,17,26H,1-6,8-9,11H2,(H,22,25). The van der Waals surface area contributed by atoms with Gasteiger partial charge in [0, 0.05) is 38.4 Å². The molecule has 1 aromatic heterocycles. The third-order valence-corrected chi connectivity index (χ3v) is 6.43. The highest BCUT2D eigenvalue weighted by molar-refractivity contribution is 5.93. The first-order chi connectivity index (χ1) is 12.5. The second kappa shape index (κ2) is 6.83. The maximum atomic E-state index is 12.8. The molecule has 0 radical (unpaired) electrons. The minimum Gasteiger partial charge on any atom is -0.294 e. The summed E-state index contributed by atoms with van der Waals surface area (Å²) < 4.78 is 25.6. The number of carbonyl (C=O) groups excluding carboxylic acids is 1. The molecule has 2 N–H and O–H groups in total. The number of piperidine rings is 1. The van der Waals surface area contributed by atoms with Gasteiger partial charge in [0.1, 0.15) is 0 Å². The second-order valence-corrected chi connectivity index (χ2v) is 7.87. The number of halogens is 2. The Balaban J connectivity index is 1.34. The molecule has 26 heavy (non-hydrogen) atoms. The van der Waals surface area contributed by atoms with Gasteiger partial charge in [-0.1, -0.05) is 0 Å². The van der Waals surface area contributed by atoms with Crippen LogP contribution in [0.1, 0.15) is 47.3 Å². The number of rotatable bonds is 3. The Labute approximate surface area is 151 Å². The van der Waals surface area contributed by atoms with E-state index in [-0.39, 0.29) is 5.41 Å². The van der Waals surface area contributed by atoms with Crippen molar-refractivity contribution in [3.05, 3.63) is 29.1 Å². The molecule has 0 atom stereocenters. The van der Waals surface area contributed by atoms with Crippen molar-refractivity contribution < 1.29 is 18.8 Å². The molecule has 1 spiro atoms. The summed E-state index contributed by atoms with van der Waals surface area (Å²) >= 11 is 0. The van der Waals surface area contributed by atoms with Crippen LogP contribution in [-0.4, -0.2) is 58.1 Å². The molecule has 0 unspecified atom stereocenters. The predicted molar refractivity (Wildman–Crippen MR) is 89.9 cm³/mol. The lowest BCUT2D eigenvalue weighted by atomic mass is 9.60. The average Bonchev–Trinajstić information content (AvgIpc) is 2.64. The number of hydroxylamine groups is 1. The minimum absolute atomic E-state index is 0.257. The van der Waals surface area contributed by atoms with E-state index in [4.69, 9.17) is 5.21 Å². The molecule has 2 fully saturated rings. The molecule has 2 aliphatic heterocycles. The van der Waals surface area contributed by atoms with Crippen LogP contribution in [0, 0.1) is 5.41 Å². The number of hydrogen-bond donors (Lipinski definition) is 2. The highest BCUT2D eigenvalue weighted by atomic mass is 19.3. The number of amides is 1. The summed E-state index contributed by atoms with van der Waals surface area (Å²) in [6, 6.07) is 2.30. The van der Waals surface area contributed by atoms with Crippen molar-refractivity contribution in [2.75, 3.05) is 19.6 Å². The summed E-state index contributed by atoms with van der Waals surface area (Å²) in [4.78, 5) is 19.6. The van der Waals surface area contributed by atoms with Crippen LogP contribution < -0.4 is 5.48 Å². The summed E-state index contributed by atoms with van der Waals surface area (Å²) in [5.74, 6) is -0.543. The van der Waals surface area contributed by atoms with Crippen molar-refractivity contribution in [1.29, 1.82) is 0 Å². The van der Waals surface area contributed by atoms with Crippen LogP contribution in [0.15, 0.2) is 12.3 Å². The van der Waals surface area contributed by atoms with Gasteiger partial charge in [-0.15, -0.1) is 0 Å². The molecular weight excluding hydrogens is 342 g/mol. The molecule has 8 heteroatoms. The Morgan fingerprint density at radius 3 is 2.69 bits per heavy atom. The fourth-order valence-corrected chi connectivity index (χ4v) is 4.73. The van der Waals surface area contributed by atoms with E-state index in [0.29, 0.717) is 24.7 Å². The number of likely N-dealkylation sites (tertiary alicyclic amines) is 1. The van der Waals surface area contributed by atoms with Gasteiger partial charge in [-0.3, -0.25) is 19.9 Å². The summed E-state index contributed by atoms with van der Waals surface area (Å²) in [6.45, 7) is 0.364. The number of pyridine rings is 1. The Morgan fingerprint density at radius 2 is 2.04 bits per heavy atom. The normalized spacial score (nSPS) is 23.7. The highest BCUT2D eigenvalue weighted by Gasteiger charge is 2.48. The molecule has 0 aromatic carbocycles. The van der Waals surface area contributed by atoms with Crippen LogP contribution in [-0.2, 0) is 13.0 Å². The topological polar surface area (TPSA) is 68.7 Å². The van der Waals surface area contributed by atoms with Gasteiger partial charge in [-0.05, 0) is 49.1 Å². The zero-order valence-corrected chi connectivity index (χ0v) is 14.6. The average molecular weight is 366 g/mol. The Bertz CT molecular complexity index is 684. The van der Waals surface area contributed by atoms with Crippen LogP contribution in [0.2, 0.25) is 0 Å². The van der Waals surface area contributed by atoms with Gasteiger partial charge in [0.05, 0.1) is 11.3 Å². The molecule has 142 valence electrons. The number of alkyl halides is 2. The van der Waals surface area contributed by atoms with Gasteiger partial charge in [0.2, 0.25) is 0 Å². The molecule has 3 aliphatic rings. The second-order valence-electron chi connectivity index (χ2n) is 7.87. The summed E-state index contributed by atoms with van der Waals surface area (Å²) in [6.07, 6.45) is 6.24. The summed E-state index contributed by atoms with van der Waals surface area (Å²) in [5.41, 5.74) is 4.30. The first-order valence-corrected chi connectivity index (χ1v) is 9.18. The molecule has 0 bridgehead atoms. The minimum atomic E-state index is -2.33. The fourth-order valence-electron chi connectivity index (χ4n) is 4.73. The number of hydrogen-bond acceptors (Lipinski definition) is 5. The number of aromatic nitrogens is 1. The van der Waals surface area contributed by atoms with Gasteiger partial charge in [0.15, 0.2) is 0 Å². The van der Waals surface area contributed by atoms with Crippen LogP contribution in [0.4, 0.5) is 8.78 Å². The van der Waals surface area contributed by atoms with E-state index < -0.39 is 12.5 Å². The maximum Gasteiger partial charge on any atom is 0.294 e. The van der Waals surface area contributed by atoms with Gasteiger partial charge in [-0.2, -0.15) is 8.78 Å². The molecule has 1 aliphatic carbocycles. The van der Waals surface area contributed by atoms with Crippen LogP contribution in [0.3, 0.4) is 0 Å². The van der Waals surface area contributed by atoms with Crippen molar-refractivity contribution in [2.24, 2.45) is 5.41 Å². The van der Waals surface area contributed by atoms with Crippen molar-refractivity contribution in [3.63, 3.8) is 0 Å². The molecule has 1 amide bonds. The Morgan fingerprint density at radius 1 is 1.31 bits per heavy atom. The predicted octanol–water partition coefficient (Wildman–Crippen LogP) is 2.03. The first-order valence-electron chi connectivity index (χ1n) is 9.18. The van der Waals surface area contributed by atoms with E-state index in [2.05, 4.69) is 9.88 Å². The largest absolute Gasteiger partial charge is 0.294 e. The third-order valence-electron chi connectivity index (χ3n) is 6.43.